The lowest BCUT2D eigenvalue weighted by atomic mass is 10.1. The standard InChI is InChI=1S/C13H14F3NO3/c1-19-12(18)10-6-8(7-17-10)20-11-5-3-2-4-9(11)13(14,15)16/h2-5,8,10,17H,6-7H2,1H3/t8?,10-/m0/s1. The lowest BCUT2D eigenvalue weighted by Crippen LogP contribution is -2.31. The molecule has 1 heterocycles. The zero-order chi connectivity index (χ0) is 14.8. The van der Waals surface area contributed by atoms with E-state index in [2.05, 4.69) is 10.1 Å². The lowest BCUT2D eigenvalue weighted by Gasteiger charge is -2.17. The van der Waals surface area contributed by atoms with Crippen LogP contribution in [-0.2, 0) is 15.7 Å². The Morgan fingerprint density at radius 1 is 1.35 bits per heavy atom. The van der Waals surface area contributed by atoms with E-state index in [0.717, 1.165) is 6.07 Å². The number of rotatable bonds is 3. The normalized spacial score (nSPS) is 22.6. The van der Waals surface area contributed by atoms with Crippen LogP contribution in [0.15, 0.2) is 24.3 Å². The van der Waals surface area contributed by atoms with Gasteiger partial charge in [-0.2, -0.15) is 13.2 Å². The fourth-order valence-electron chi connectivity index (χ4n) is 2.10. The van der Waals surface area contributed by atoms with E-state index in [0.29, 0.717) is 6.54 Å². The molecule has 1 saturated heterocycles. The SMILES string of the molecule is COC(=O)[C@@H]1CC(Oc2ccccc2C(F)(F)F)CN1. The van der Waals surface area contributed by atoms with Crippen molar-refractivity contribution >= 4 is 5.97 Å². The maximum absolute atomic E-state index is 12.8. The van der Waals surface area contributed by atoms with Gasteiger partial charge in [-0.3, -0.25) is 4.79 Å². The highest BCUT2D eigenvalue weighted by atomic mass is 19.4. The van der Waals surface area contributed by atoms with Crippen LogP contribution >= 0.6 is 0 Å². The van der Waals surface area contributed by atoms with Gasteiger partial charge in [-0.25, -0.2) is 0 Å². The van der Waals surface area contributed by atoms with Crippen LogP contribution < -0.4 is 10.1 Å². The monoisotopic (exact) mass is 289 g/mol. The van der Waals surface area contributed by atoms with Crippen molar-refractivity contribution in [2.24, 2.45) is 0 Å². The summed E-state index contributed by atoms with van der Waals surface area (Å²) in [6.07, 6.45) is -4.69. The number of nitrogens with one attached hydrogen (secondary N) is 1. The van der Waals surface area contributed by atoms with Crippen molar-refractivity contribution in [3.63, 3.8) is 0 Å². The summed E-state index contributed by atoms with van der Waals surface area (Å²) in [4.78, 5) is 11.3. The van der Waals surface area contributed by atoms with Gasteiger partial charge in [-0.05, 0) is 12.1 Å². The molecule has 1 unspecified atom stereocenters. The quantitative estimate of drug-likeness (QED) is 0.865. The third kappa shape index (κ3) is 3.22. The molecule has 110 valence electrons. The minimum absolute atomic E-state index is 0.225. The first-order valence-corrected chi connectivity index (χ1v) is 6.06. The van der Waals surface area contributed by atoms with E-state index < -0.39 is 29.9 Å². The molecule has 1 aliphatic rings. The minimum Gasteiger partial charge on any atom is -0.488 e. The van der Waals surface area contributed by atoms with Crippen molar-refractivity contribution in [1.29, 1.82) is 0 Å². The predicted octanol–water partition coefficient (Wildman–Crippen LogP) is 1.99. The van der Waals surface area contributed by atoms with E-state index in [1.54, 1.807) is 0 Å². The molecular weight excluding hydrogens is 275 g/mol. The molecule has 1 aromatic carbocycles. The summed E-state index contributed by atoms with van der Waals surface area (Å²) in [6, 6.07) is 4.48. The third-order valence-corrected chi connectivity index (χ3v) is 3.06. The Labute approximate surface area is 113 Å². The number of benzene rings is 1. The summed E-state index contributed by atoms with van der Waals surface area (Å²) < 4.78 is 48.4. The van der Waals surface area contributed by atoms with Gasteiger partial charge >= 0.3 is 12.1 Å². The second-order valence-corrected chi connectivity index (χ2v) is 4.45. The van der Waals surface area contributed by atoms with E-state index in [4.69, 9.17) is 4.74 Å². The number of para-hydroxylation sites is 1. The first kappa shape index (κ1) is 14.6. The number of carbonyl (C=O) groups is 1. The number of methoxy groups -OCH3 is 1. The Balaban J connectivity index is 2.07. The summed E-state index contributed by atoms with van der Waals surface area (Å²) >= 11 is 0. The van der Waals surface area contributed by atoms with Crippen LogP contribution in [0.3, 0.4) is 0 Å². The lowest BCUT2D eigenvalue weighted by molar-refractivity contribution is -0.143. The molecular formula is C13H14F3NO3. The first-order chi connectivity index (χ1) is 9.41. The number of alkyl halides is 3. The van der Waals surface area contributed by atoms with Crippen LogP contribution in [0.2, 0.25) is 0 Å². The van der Waals surface area contributed by atoms with Gasteiger partial charge in [0, 0.05) is 13.0 Å². The van der Waals surface area contributed by atoms with E-state index in [9.17, 15) is 18.0 Å². The van der Waals surface area contributed by atoms with Gasteiger partial charge in [-0.15, -0.1) is 0 Å². The topological polar surface area (TPSA) is 47.6 Å². The van der Waals surface area contributed by atoms with Gasteiger partial charge in [0.15, 0.2) is 0 Å². The zero-order valence-corrected chi connectivity index (χ0v) is 10.7. The van der Waals surface area contributed by atoms with Crippen LogP contribution in [-0.4, -0.2) is 31.8 Å². The molecule has 1 fully saturated rings. The van der Waals surface area contributed by atoms with Crippen LogP contribution in [0.25, 0.3) is 0 Å². The summed E-state index contributed by atoms with van der Waals surface area (Å²) in [7, 11) is 1.26. The summed E-state index contributed by atoms with van der Waals surface area (Å²) in [5, 5.41) is 2.86. The first-order valence-electron chi connectivity index (χ1n) is 6.06. The molecule has 0 radical (unpaired) electrons. The molecule has 1 N–H and O–H groups in total. The molecule has 4 nitrogen and oxygen atoms in total. The van der Waals surface area contributed by atoms with E-state index in [-0.39, 0.29) is 12.2 Å². The number of halogens is 3. The second kappa shape index (κ2) is 5.70. The van der Waals surface area contributed by atoms with Crippen molar-refractivity contribution < 1.29 is 27.4 Å². The van der Waals surface area contributed by atoms with Crippen molar-refractivity contribution in [2.45, 2.75) is 24.7 Å². The Kier molecular flexibility index (Phi) is 4.17. The van der Waals surface area contributed by atoms with E-state index in [1.165, 1.54) is 25.3 Å². The molecule has 2 rings (SSSR count). The number of hydrogen-bond donors (Lipinski definition) is 1. The molecule has 0 aliphatic carbocycles. The number of ether oxygens (including phenoxy) is 2. The average molecular weight is 289 g/mol. The minimum atomic E-state index is -4.47. The highest BCUT2D eigenvalue weighted by Crippen LogP contribution is 2.36. The Morgan fingerprint density at radius 2 is 2.05 bits per heavy atom. The van der Waals surface area contributed by atoms with Crippen molar-refractivity contribution in [3.05, 3.63) is 29.8 Å². The van der Waals surface area contributed by atoms with Gasteiger partial charge in [0.1, 0.15) is 17.9 Å². The Bertz CT molecular complexity index is 490. The van der Waals surface area contributed by atoms with E-state index >= 15 is 0 Å². The molecule has 0 amide bonds. The smallest absolute Gasteiger partial charge is 0.419 e. The molecule has 0 aromatic heterocycles. The van der Waals surface area contributed by atoms with Gasteiger partial charge in [-0.1, -0.05) is 12.1 Å². The molecule has 7 heteroatoms. The zero-order valence-electron chi connectivity index (χ0n) is 10.7. The van der Waals surface area contributed by atoms with Crippen LogP contribution in [0.5, 0.6) is 5.75 Å². The molecule has 2 atom stereocenters. The molecule has 1 aromatic rings. The highest BCUT2D eigenvalue weighted by Gasteiger charge is 2.36. The highest BCUT2D eigenvalue weighted by molar-refractivity contribution is 5.76. The van der Waals surface area contributed by atoms with Crippen LogP contribution in [0, 0.1) is 0 Å². The second-order valence-electron chi connectivity index (χ2n) is 4.45. The third-order valence-electron chi connectivity index (χ3n) is 3.06. The molecule has 0 saturated carbocycles. The van der Waals surface area contributed by atoms with Gasteiger partial charge in [0.25, 0.3) is 0 Å². The number of hydrogen-bond acceptors (Lipinski definition) is 4. The molecule has 0 spiro atoms. The number of carbonyl (C=O) groups excluding carboxylic acids is 1. The van der Waals surface area contributed by atoms with Crippen molar-refractivity contribution in [1.82, 2.24) is 5.32 Å². The maximum Gasteiger partial charge on any atom is 0.419 e. The average Bonchev–Trinajstić information content (AvgIpc) is 2.86. The van der Waals surface area contributed by atoms with Crippen LogP contribution in [0.4, 0.5) is 13.2 Å². The Morgan fingerprint density at radius 3 is 2.70 bits per heavy atom. The van der Waals surface area contributed by atoms with Crippen molar-refractivity contribution in [3.8, 4) is 5.75 Å². The molecule has 20 heavy (non-hydrogen) atoms. The Hall–Kier alpha value is -1.76. The van der Waals surface area contributed by atoms with Gasteiger partial charge in [0.05, 0.1) is 12.7 Å². The summed E-state index contributed by atoms with van der Waals surface area (Å²) in [5.41, 5.74) is -0.818. The fourth-order valence-corrected chi connectivity index (χ4v) is 2.10. The molecule has 0 bridgehead atoms. The maximum atomic E-state index is 12.8. The van der Waals surface area contributed by atoms with Gasteiger partial charge < -0.3 is 14.8 Å². The van der Waals surface area contributed by atoms with Gasteiger partial charge in [0.2, 0.25) is 0 Å². The van der Waals surface area contributed by atoms with Crippen molar-refractivity contribution in [2.75, 3.05) is 13.7 Å². The number of esters is 1. The fraction of sp³-hybridized carbons (Fsp3) is 0.462. The van der Waals surface area contributed by atoms with Crippen LogP contribution in [0.1, 0.15) is 12.0 Å². The molecule has 1 aliphatic heterocycles. The largest absolute Gasteiger partial charge is 0.488 e. The predicted molar refractivity (Wildman–Crippen MR) is 64.3 cm³/mol. The summed E-state index contributed by atoms with van der Waals surface area (Å²) in [5.74, 6) is -0.669. The van der Waals surface area contributed by atoms with E-state index in [1.807, 2.05) is 0 Å². The summed E-state index contributed by atoms with van der Waals surface area (Å²) in [6.45, 7) is 0.298.